The Kier molecular flexibility index (Phi) is 5.68. The third kappa shape index (κ3) is 3.56. The van der Waals surface area contributed by atoms with Gasteiger partial charge in [-0.1, -0.05) is 35.9 Å². The first-order valence-corrected chi connectivity index (χ1v) is 10.3. The molecule has 3 heterocycles. The van der Waals surface area contributed by atoms with E-state index in [4.69, 9.17) is 16.6 Å². The van der Waals surface area contributed by atoms with E-state index in [0.29, 0.717) is 29.6 Å². The SMILES string of the molecule is C=C1CC(C2=C3C=NC=C[NH+]3C(C3(C(=O)NCc4nccnc4Cl)CC(=C)C3)=N2)C1.[Cl-]. The second-order valence-corrected chi connectivity index (χ2v) is 8.64. The van der Waals surface area contributed by atoms with E-state index in [2.05, 4.69) is 33.4 Å². The normalized spacial score (nSPS) is 23.5. The molecule has 0 bridgehead atoms. The Hall–Kier alpha value is -2.61. The molecule has 2 aliphatic heterocycles. The van der Waals surface area contributed by atoms with Gasteiger partial charge < -0.3 is 17.7 Å². The smallest absolute Gasteiger partial charge is 0.239 e. The van der Waals surface area contributed by atoms with Gasteiger partial charge in [0.25, 0.3) is 0 Å². The molecule has 0 saturated heterocycles. The maximum Gasteiger partial charge on any atom is 0.239 e. The minimum atomic E-state index is -0.732. The quantitative estimate of drug-likeness (QED) is 0.564. The number of halogens is 2. The van der Waals surface area contributed by atoms with Crippen LogP contribution in [-0.2, 0) is 11.3 Å². The van der Waals surface area contributed by atoms with Gasteiger partial charge in [0.2, 0.25) is 11.7 Å². The Labute approximate surface area is 191 Å². The summed E-state index contributed by atoms with van der Waals surface area (Å²) >= 11 is 6.10. The van der Waals surface area contributed by atoms with Crippen molar-refractivity contribution in [3.05, 3.63) is 71.3 Å². The van der Waals surface area contributed by atoms with Crippen molar-refractivity contribution in [2.75, 3.05) is 0 Å². The predicted octanol–water partition coefficient (Wildman–Crippen LogP) is -0.883. The Bertz CT molecular complexity index is 1090. The van der Waals surface area contributed by atoms with Gasteiger partial charge in [-0.25, -0.2) is 9.88 Å². The molecule has 0 radical (unpaired) electrons. The first-order valence-electron chi connectivity index (χ1n) is 9.96. The van der Waals surface area contributed by atoms with E-state index in [1.165, 1.54) is 11.8 Å². The van der Waals surface area contributed by atoms with Gasteiger partial charge in [0, 0.05) is 18.3 Å². The first-order chi connectivity index (χ1) is 14.5. The standard InChI is InChI=1S/C22H21ClN6O.ClH/c1-13-7-15(8-13)18-17-12-24-5-6-29(17)20(28-18)22(9-14(2)10-22)21(30)27-11-16-19(23)26-4-3-25-16;/h3-6,12,15H,1-2,7-11H2,(H,27,30);1H. The Balaban J connectivity index is 0.00000231. The lowest BCUT2D eigenvalue weighted by Gasteiger charge is -2.41. The number of aromatic nitrogens is 2. The highest BCUT2D eigenvalue weighted by Gasteiger charge is 2.58. The van der Waals surface area contributed by atoms with E-state index in [1.54, 1.807) is 12.4 Å². The van der Waals surface area contributed by atoms with Crippen molar-refractivity contribution in [1.29, 1.82) is 0 Å². The number of hydrogen-bond donors (Lipinski definition) is 2. The lowest BCUT2D eigenvalue weighted by Crippen LogP contribution is -3.10. The summed E-state index contributed by atoms with van der Waals surface area (Å²) in [5.74, 6) is 1.08. The fourth-order valence-electron chi connectivity index (χ4n) is 4.59. The number of fused-ring (bicyclic) bond motifs is 1. The summed E-state index contributed by atoms with van der Waals surface area (Å²) in [7, 11) is 0. The van der Waals surface area contributed by atoms with Gasteiger partial charge in [-0.05, 0) is 25.7 Å². The van der Waals surface area contributed by atoms with Crippen LogP contribution in [0.1, 0.15) is 31.4 Å². The van der Waals surface area contributed by atoms with Crippen LogP contribution in [0.4, 0.5) is 0 Å². The van der Waals surface area contributed by atoms with E-state index in [9.17, 15) is 4.79 Å². The maximum absolute atomic E-state index is 13.4. The second kappa shape index (κ2) is 8.15. The molecule has 1 atom stereocenters. The number of quaternary nitrogens is 1. The molecule has 5 rings (SSSR count). The van der Waals surface area contributed by atoms with Crippen molar-refractivity contribution < 1.29 is 22.1 Å². The Morgan fingerprint density at radius 2 is 1.97 bits per heavy atom. The molecule has 1 aromatic rings. The molecule has 2 aliphatic carbocycles. The highest BCUT2D eigenvalue weighted by atomic mass is 35.5. The van der Waals surface area contributed by atoms with Crippen LogP contribution in [0.3, 0.4) is 0 Å². The maximum atomic E-state index is 13.4. The Morgan fingerprint density at radius 1 is 1.23 bits per heavy atom. The molecular formula is C22H22Cl2N6O. The molecule has 4 aliphatic rings. The summed E-state index contributed by atoms with van der Waals surface area (Å²) < 4.78 is 0. The fourth-order valence-corrected chi connectivity index (χ4v) is 4.76. The lowest BCUT2D eigenvalue weighted by atomic mass is 9.64. The zero-order chi connectivity index (χ0) is 20.9. The van der Waals surface area contributed by atoms with E-state index in [1.807, 2.05) is 12.4 Å². The number of allylic oxidation sites excluding steroid dienone is 4. The molecule has 1 aromatic heterocycles. The van der Waals surface area contributed by atoms with Crippen LogP contribution in [0.15, 0.2) is 70.5 Å². The number of nitrogens with zero attached hydrogens (tertiary/aromatic N) is 4. The van der Waals surface area contributed by atoms with Crippen LogP contribution in [0, 0.1) is 11.3 Å². The second-order valence-electron chi connectivity index (χ2n) is 8.28. The first kappa shape index (κ1) is 21.6. The van der Waals surface area contributed by atoms with Gasteiger partial charge in [-0.3, -0.25) is 14.8 Å². The van der Waals surface area contributed by atoms with Crippen LogP contribution in [-0.4, -0.2) is 27.9 Å². The van der Waals surface area contributed by atoms with E-state index < -0.39 is 5.41 Å². The number of aliphatic imine (C=N–C) groups is 2. The molecule has 160 valence electrons. The van der Waals surface area contributed by atoms with Gasteiger partial charge in [0.1, 0.15) is 11.9 Å². The molecule has 0 spiro atoms. The van der Waals surface area contributed by atoms with Crippen molar-refractivity contribution in [3.63, 3.8) is 0 Å². The summed E-state index contributed by atoms with van der Waals surface area (Å²) in [5.41, 5.74) is 4.16. The van der Waals surface area contributed by atoms with Crippen LogP contribution >= 0.6 is 11.6 Å². The third-order valence-corrected chi connectivity index (χ3v) is 6.49. The van der Waals surface area contributed by atoms with Crippen LogP contribution in [0.25, 0.3) is 0 Å². The number of rotatable bonds is 5. The highest BCUT2D eigenvalue weighted by Crippen LogP contribution is 2.47. The number of hydrogen-bond acceptors (Lipinski definition) is 5. The van der Waals surface area contributed by atoms with Crippen molar-refractivity contribution in [2.45, 2.75) is 32.2 Å². The monoisotopic (exact) mass is 456 g/mol. The minimum Gasteiger partial charge on any atom is -1.00 e. The van der Waals surface area contributed by atoms with E-state index in [0.717, 1.165) is 40.5 Å². The average molecular weight is 457 g/mol. The summed E-state index contributed by atoms with van der Waals surface area (Å²) in [6.07, 6.45) is 11.7. The molecule has 31 heavy (non-hydrogen) atoms. The van der Waals surface area contributed by atoms with Gasteiger partial charge in [-0.2, -0.15) is 4.99 Å². The van der Waals surface area contributed by atoms with Crippen LogP contribution < -0.4 is 22.6 Å². The summed E-state index contributed by atoms with van der Waals surface area (Å²) in [5, 5.41) is 3.30. The number of amidine groups is 1. The summed E-state index contributed by atoms with van der Waals surface area (Å²) in [4.78, 5) is 32.0. The molecule has 2 saturated carbocycles. The van der Waals surface area contributed by atoms with Crippen LogP contribution in [0.5, 0.6) is 0 Å². The summed E-state index contributed by atoms with van der Waals surface area (Å²) in [6, 6.07) is 0. The van der Waals surface area contributed by atoms with Crippen molar-refractivity contribution in [3.8, 4) is 0 Å². The van der Waals surface area contributed by atoms with E-state index >= 15 is 0 Å². The summed E-state index contributed by atoms with van der Waals surface area (Å²) in [6.45, 7) is 8.35. The van der Waals surface area contributed by atoms with Crippen molar-refractivity contribution >= 4 is 29.6 Å². The topological polar surface area (TPSA) is 84.0 Å². The fraction of sp³-hybridized carbons (Fsp3) is 0.318. The van der Waals surface area contributed by atoms with Crippen LogP contribution in [0.2, 0.25) is 5.15 Å². The van der Waals surface area contributed by atoms with Gasteiger partial charge in [-0.15, -0.1) is 0 Å². The highest BCUT2D eigenvalue weighted by molar-refractivity contribution is 6.30. The molecule has 2 N–H and O–H groups in total. The number of carbonyl (C=O) groups excluding carboxylic acids is 1. The van der Waals surface area contributed by atoms with Gasteiger partial charge >= 0.3 is 0 Å². The van der Waals surface area contributed by atoms with Gasteiger partial charge in [0.15, 0.2) is 16.3 Å². The molecule has 2 fully saturated rings. The minimum absolute atomic E-state index is 0. The molecule has 0 aromatic carbocycles. The number of nitrogens with one attached hydrogen (secondary N) is 2. The van der Waals surface area contributed by atoms with Gasteiger partial charge in [0.05, 0.1) is 24.7 Å². The average Bonchev–Trinajstić information content (AvgIpc) is 3.07. The molecule has 1 amide bonds. The number of carbonyl (C=O) groups is 1. The molecule has 9 heteroatoms. The zero-order valence-corrected chi connectivity index (χ0v) is 18.4. The molecular weight excluding hydrogens is 435 g/mol. The zero-order valence-electron chi connectivity index (χ0n) is 16.9. The van der Waals surface area contributed by atoms with E-state index in [-0.39, 0.29) is 24.9 Å². The predicted molar refractivity (Wildman–Crippen MR) is 115 cm³/mol. The largest absolute Gasteiger partial charge is 1.00 e. The van der Waals surface area contributed by atoms with Crippen molar-refractivity contribution in [2.24, 2.45) is 21.3 Å². The van der Waals surface area contributed by atoms with Crippen molar-refractivity contribution in [1.82, 2.24) is 15.3 Å². The number of amides is 1. The molecule has 7 nitrogen and oxygen atoms in total. The molecule has 1 unspecified atom stereocenters. The lowest BCUT2D eigenvalue weighted by molar-refractivity contribution is -0.696. The Morgan fingerprint density at radius 3 is 2.65 bits per heavy atom. The third-order valence-electron chi connectivity index (χ3n) is 6.17.